The number of primary amides is 3. The zero-order valence-electron chi connectivity index (χ0n) is 28.8. The fourth-order valence-corrected chi connectivity index (χ4v) is 6.05. The van der Waals surface area contributed by atoms with E-state index in [0.717, 1.165) is 5.56 Å². The Morgan fingerprint density at radius 2 is 1.45 bits per heavy atom. The lowest BCUT2D eigenvalue weighted by molar-refractivity contribution is -0.150. The molecule has 1 fully saturated rings. The van der Waals surface area contributed by atoms with Crippen LogP contribution < -0.4 is 44.6 Å². The molecule has 0 aromatic heterocycles. The molecular formula is C33H53N9O7. The number of ketones is 1. The van der Waals surface area contributed by atoms with Crippen molar-refractivity contribution in [3.63, 3.8) is 0 Å². The van der Waals surface area contributed by atoms with Crippen LogP contribution in [0.4, 0.5) is 0 Å². The van der Waals surface area contributed by atoms with Gasteiger partial charge in [0.2, 0.25) is 29.5 Å². The molecule has 16 nitrogen and oxygen atoms in total. The summed E-state index contributed by atoms with van der Waals surface area (Å²) in [6, 6.07) is 4.58. The number of amides is 6. The fraction of sp³-hybridized carbons (Fsp3) is 0.606. The molecule has 49 heavy (non-hydrogen) atoms. The van der Waals surface area contributed by atoms with Crippen molar-refractivity contribution in [2.75, 3.05) is 13.1 Å². The molecule has 0 spiro atoms. The van der Waals surface area contributed by atoms with Crippen LogP contribution in [0.5, 0.6) is 0 Å². The second-order valence-electron chi connectivity index (χ2n) is 13.3. The monoisotopic (exact) mass is 687 g/mol. The average Bonchev–Trinajstić information content (AvgIpc) is 3.38. The summed E-state index contributed by atoms with van der Waals surface area (Å²) in [5, 5.41) is 7.99. The molecule has 2 rings (SSSR count). The molecule has 1 aromatic carbocycles. The SMILES string of the molecule is CC(C)[C@H](NC(=O)[C@@H](NC(=O)[C@]1(NC(=O)[C@@H](N)CC(N)=O)C(C(=O)[C@@H](N)CCC(N)=O)CCN1CCCc1ccccc1)C(C)C)C(N)=O. The minimum atomic E-state index is -2.13. The van der Waals surface area contributed by atoms with Crippen molar-refractivity contribution >= 4 is 41.2 Å². The number of nitrogens with two attached hydrogens (primary N) is 5. The van der Waals surface area contributed by atoms with Gasteiger partial charge in [0, 0.05) is 19.5 Å². The summed E-state index contributed by atoms with van der Waals surface area (Å²) in [6.07, 6.45) is 0.327. The van der Waals surface area contributed by atoms with Crippen molar-refractivity contribution in [3.05, 3.63) is 35.9 Å². The van der Waals surface area contributed by atoms with Gasteiger partial charge in [-0.1, -0.05) is 58.0 Å². The lowest BCUT2D eigenvalue weighted by Crippen LogP contribution is -2.73. The van der Waals surface area contributed by atoms with E-state index in [9.17, 15) is 33.6 Å². The van der Waals surface area contributed by atoms with E-state index >= 15 is 0 Å². The Labute approximate surface area is 287 Å². The molecule has 0 saturated carbocycles. The van der Waals surface area contributed by atoms with E-state index in [0.29, 0.717) is 12.8 Å². The molecule has 272 valence electrons. The van der Waals surface area contributed by atoms with Crippen LogP contribution in [0.2, 0.25) is 0 Å². The van der Waals surface area contributed by atoms with E-state index in [-0.39, 0.29) is 38.3 Å². The summed E-state index contributed by atoms with van der Waals surface area (Å²) in [5.74, 6) is -7.62. The molecule has 1 aliphatic rings. The predicted molar refractivity (Wildman–Crippen MR) is 181 cm³/mol. The lowest BCUT2D eigenvalue weighted by Gasteiger charge is -2.43. The van der Waals surface area contributed by atoms with Gasteiger partial charge in [-0.15, -0.1) is 0 Å². The maximum atomic E-state index is 14.7. The largest absolute Gasteiger partial charge is 0.370 e. The zero-order chi connectivity index (χ0) is 37.1. The standard InChI is InChI=1S/C33H53N9O7/c1-18(2)26(29(38)46)39-31(48)27(19(3)4)40-32(49)33(41-30(47)23(35)17-25(37)44)21(28(45)22(34)12-13-24(36)43)14-16-42(33)15-8-11-20-9-6-5-7-10-20/h5-7,9-10,18-19,21-23,26-27H,8,11-17,34-35H2,1-4H3,(H2,36,43)(H2,37,44)(H2,38,46)(H,39,48)(H,40,49)(H,41,47)/t21?,22-,23-,26-,27-,33-/m0/s1. The first-order valence-electron chi connectivity index (χ1n) is 16.5. The molecule has 0 aliphatic carbocycles. The molecule has 1 aliphatic heterocycles. The normalized spacial score (nSPS) is 20.2. The molecule has 1 heterocycles. The number of aryl methyl sites for hydroxylation is 1. The first-order chi connectivity index (χ1) is 22.9. The predicted octanol–water partition coefficient (Wildman–Crippen LogP) is -2.11. The number of carbonyl (C=O) groups is 7. The molecular weight excluding hydrogens is 634 g/mol. The minimum Gasteiger partial charge on any atom is -0.370 e. The van der Waals surface area contributed by atoms with Gasteiger partial charge >= 0.3 is 0 Å². The Bertz CT molecular complexity index is 1360. The van der Waals surface area contributed by atoms with Gasteiger partial charge in [-0.3, -0.25) is 38.5 Å². The maximum absolute atomic E-state index is 14.7. The first kappa shape index (κ1) is 40.8. The van der Waals surface area contributed by atoms with Gasteiger partial charge < -0.3 is 44.6 Å². The van der Waals surface area contributed by atoms with E-state index in [1.165, 1.54) is 0 Å². The van der Waals surface area contributed by atoms with Crippen LogP contribution in [0.3, 0.4) is 0 Å². The van der Waals surface area contributed by atoms with Gasteiger partial charge in [-0.2, -0.15) is 0 Å². The number of carbonyl (C=O) groups excluding carboxylic acids is 7. The number of Topliss-reactive ketones (excluding diaryl/α,β-unsaturated/α-hetero) is 1. The van der Waals surface area contributed by atoms with Crippen molar-refractivity contribution in [3.8, 4) is 0 Å². The molecule has 1 aromatic rings. The second kappa shape index (κ2) is 18.4. The van der Waals surface area contributed by atoms with Crippen LogP contribution in [0.25, 0.3) is 0 Å². The number of nitrogens with zero attached hydrogens (tertiary/aromatic N) is 1. The summed E-state index contributed by atoms with van der Waals surface area (Å²) >= 11 is 0. The highest BCUT2D eigenvalue weighted by molar-refractivity contribution is 6.02. The highest BCUT2D eigenvalue weighted by atomic mass is 16.2. The van der Waals surface area contributed by atoms with Crippen LogP contribution in [0, 0.1) is 17.8 Å². The van der Waals surface area contributed by atoms with Crippen molar-refractivity contribution in [1.82, 2.24) is 20.9 Å². The maximum Gasteiger partial charge on any atom is 0.262 e. The number of hydrogen-bond acceptors (Lipinski definition) is 10. The second-order valence-corrected chi connectivity index (χ2v) is 13.3. The van der Waals surface area contributed by atoms with E-state index in [2.05, 4.69) is 16.0 Å². The topological polar surface area (TPSA) is 289 Å². The number of nitrogens with one attached hydrogen (secondary N) is 3. The summed E-state index contributed by atoms with van der Waals surface area (Å²) < 4.78 is 0. The van der Waals surface area contributed by atoms with Gasteiger partial charge in [0.25, 0.3) is 5.91 Å². The Kier molecular flexibility index (Phi) is 15.3. The molecule has 6 amide bonds. The van der Waals surface area contributed by atoms with Crippen molar-refractivity contribution in [2.24, 2.45) is 46.4 Å². The van der Waals surface area contributed by atoms with Crippen LogP contribution in [0.15, 0.2) is 30.3 Å². The fourth-order valence-electron chi connectivity index (χ4n) is 6.05. The molecule has 0 bridgehead atoms. The number of hydrogen-bond donors (Lipinski definition) is 8. The van der Waals surface area contributed by atoms with E-state index in [1.54, 1.807) is 32.6 Å². The Hall–Kier alpha value is -4.41. The number of rotatable bonds is 20. The van der Waals surface area contributed by atoms with Gasteiger partial charge in [-0.25, -0.2) is 0 Å². The van der Waals surface area contributed by atoms with E-state index < -0.39 is 89.3 Å². The van der Waals surface area contributed by atoms with Gasteiger partial charge in [0.05, 0.1) is 24.4 Å². The Morgan fingerprint density at radius 1 is 0.837 bits per heavy atom. The summed E-state index contributed by atoms with van der Waals surface area (Å²) in [6.45, 7) is 7.10. The lowest BCUT2D eigenvalue weighted by atomic mass is 9.83. The first-order valence-corrected chi connectivity index (χ1v) is 16.5. The van der Waals surface area contributed by atoms with Crippen molar-refractivity contribution in [2.45, 2.75) is 96.1 Å². The molecule has 6 atom stereocenters. The third-order valence-corrected chi connectivity index (χ3v) is 8.76. The van der Waals surface area contributed by atoms with Crippen molar-refractivity contribution in [1.29, 1.82) is 0 Å². The number of benzene rings is 1. The number of likely N-dealkylation sites (tertiary alicyclic amines) is 1. The summed E-state index contributed by atoms with van der Waals surface area (Å²) in [5.41, 5.74) is 27.3. The van der Waals surface area contributed by atoms with E-state index in [4.69, 9.17) is 28.7 Å². The highest BCUT2D eigenvalue weighted by Gasteiger charge is 2.59. The molecule has 16 heteroatoms. The third-order valence-electron chi connectivity index (χ3n) is 8.76. The van der Waals surface area contributed by atoms with Crippen molar-refractivity contribution < 1.29 is 33.6 Å². The third kappa shape index (κ3) is 11.1. The van der Waals surface area contributed by atoms with Crippen LogP contribution in [-0.2, 0) is 40.0 Å². The summed E-state index contributed by atoms with van der Waals surface area (Å²) in [7, 11) is 0. The van der Waals surface area contributed by atoms with E-state index in [1.807, 2.05) is 30.3 Å². The quantitative estimate of drug-likeness (QED) is 0.0738. The molecule has 0 radical (unpaired) electrons. The molecule has 13 N–H and O–H groups in total. The van der Waals surface area contributed by atoms with Crippen LogP contribution in [0.1, 0.15) is 65.4 Å². The van der Waals surface area contributed by atoms with Crippen LogP contribution in [-0.4, -0.2) is 89.0 Å². The Morgan fingerprint density at radius 3 is 1.98 bits per heavy atom. The average molecular weight is 688 g/mol. The Balaban J connectivity index is 2.64. The molecule has 1 saturated heterocycles. The zero-order valence-corrected chi connectivity index (χ0v) is 28.8. The smallest absolute Gasteiger partial charge is 0.262 e. The molecule has 1 unspecified atom stereocenters. The minimum absolute atomic E-state index is 0.0723. The van der Waals surface area contributed by atoms with Crippen LogP contribution >= 0.6 is 0 Å². The van der Waals surface area contributed by atoms with Gasteiger partial charge in [-0.05, 0) is 43.1 Å². The van der Waals surface area contributed by atoms with Gasteiger partial charge in [0.1, 0.15) is 12.1 Å². The van der Waals surface area contributed by atoms with Gasteiger partial charge in [0.15, 0.2) is 11.4 Å². The summed E-state index contributed by atoms with van der Waals surface area (Å²) in [4.78, 5) is 92.8. The highest BCUT2D eigenvalue weighted by Crippen LogP contribution is 2.36.